The van der Waals surface area contributed by atoms with Crippen molar-refractivity contribution in [1.82, 2.24) is 0 Å². The minimum atomic E-state index is 0.853. The van der Waals surface area contributed by atoms with Crippen LogP contribution < -0.4 is 0 Å². The highest BCUT2D eigenvalue weighted by Gasteiger charge is 2.24. The van der Waals surface area contributed by atoms with Crippen LogP contribution in [0.5, 0.6) is 0 Å². The van der Waals surface area contributed by atoms with Crippen LogP contribution in [0.25, 0.3) is 88.7 Å². The number of para-hydroxylation sites is 2. The van der Waals surface area contributed by atoms with Crippen molar-refractivity contribution in [3.05, 3.63) is 170 Å². The van der Waals surface area contributed by atoms with Crippen molar-refractivity contribution in [3.63, 3.8) is 0 Å². The third kappa shape index (κ3) is 4.19. The standard InChI is InChI=1S/C44H28O2/c1-3-15-29(16-4-1)31-19-7-8-21-34(31)43-37-22-9-10-23-38(37)44(46-43)39-27-13-24-33(41(39)30-17-5-2-6-18-30)36-26-14-25-35-32-20-11-12-28-40(32)45-42(35)36/h1-28H. The number of rotatable bonds is 5. The first-order chi connectivity index (χ1) is 22.8. The van der Waals surface area contributed by atoms with Crippen LogP contribution >= 0.6 is 0 Å². The summed E-state index contributed by atoms with van der Waals surface area (Å²) in [5.74, 6) is 1.72. The topological polar surface area (TPSA) is 26.3 Å². The van der Waals surface area contributed by atoms with E-state index >= 15 is 0 Å². The van der Waals surface area contributed by atoms with Gasteiger partial charge in [-0.3, -0.25) is 0 Å². The fourth-order valence-corrected chi connectivity index (χ4v) is 6.88. The van der Waals surface area contributed by atoms with Crippen molar-refractivity contribution in [2.24, 2.45) is 0 Å². The second-order valence-corrected chi connectivity index (χ2v) is 11.6. The molecule has 0 aliphatic heterocycles. The second-order valence-electron chi connectivity index (χ2n) is 11.6. The van der Waals surface area contributed by atoms with Gasteiger partial charge >= 0.3 is 0 Å². The van der Waals surface area contributed by atoms with Crippen LogP contribution in [0.1, 0.15) is 0 Å². The van der Waals surface area contributed by atoms with Gasteiger partial charge in [0.15, 0.2) is 0 Å². The summed E-state index contributed by atoms with van der Waals surface area (Å²) in [5.41, 5.74) is 10.6. The molecule has 0 aliphatic carbocycles. The third-order valence-corrected chi connectivity index (χ3v) is 8.94. The Morgan fingerprint density at radius 1 is 0.283 bits per heavy atom. The summed E-state index contributed by atoms with van der Waals surface area (Å²) in [4.78, 5) is 0. The molecule has 0 amide bonds. The highest BCUT2D eigenvalue weighted by atomic mass is 16.3. The maximum Gasteiger partial charge on any atom is 0.143 e. The van der Waals surface area contributed by atoms with Crippen LogP contribution in [0.3, 0.4) is 0 Å². The molecule has 0 saturated heterocycles. The lowest BCUT2D eigenvalue weighted by Crippen LogP contribution is -1.90. The van der Waals surface area contributed by atoms with Crippen LogP contribution in [0.2, 0.25) is 0 Å². The number of fused-ring (bicyclic) bond motifs is 4. The summed E-state index contributed by atoms with van der Waals surface area (Å²) in [6.45, 7) is 0. The van der Waals surface area contributed by atoms with E-state index in [2.05, 4.69) is 158 Å². The zero-order valence-corrected chi connectivity index (χ0v) is 25.0. The maximum absolute atomic E-state index is 7.06. The van der Waals surface area contributed by atoms with E-state index < -0.39 is 0 Å². The average molecular weight is 589 g/mol. The van der Waals surface area contributed by atoms with Crippen molar-refractivity contribution in [1.29, 1.82) is 0 Å². The van der Waals surface area contributed by atoms with Gasteiger partial charge in [-0.15, -0.1) is 0 Å². The summed E-state index contributed by atoms with van der Waals surface area (Å²) in [6, 6.07) is 59.4. The van der Waals surface area contributed by atoms with Gasteiger partial charge in [0.1, 0.15) is 22.7 Å². The van der Waals surface area contributed by atoms with Crippen LogP contribution in [0, 0.1) is 0 Å². The Balaban J connectivity index is 1.33. The van der Waals surface area contributed by atoms with E-state index in [0.29, 0.717) is 0 Å². The average Bonchev–Trinajstić information content (AvgIpc) is 3.71. The van der Waals surface area contributed by atoms with E-state index in [9.17, 15) is 0 Å². The van der Waals surface area contributed by atoms with Crippen LogP contribution in [0.4, 0.5) is 0 Å². The Hall–Kier alpha value is -6.12. The van der Waals surface area contributed by atoms with E-state index in [1.54, 1.807) is 0 Å². The zero-order chi connectivity index (χ0) is 30.5. The van der Waals surface area contributed by atoms with Gasteiger partial charge in [-0.05, 0) is 28.3 Å². The molecule has 0 spiro atoms. The largest absolute Gasteiger partial charge is 0.455 e. The molecule has 216 valence electrons. The van der Waals surface area contributed by atoms with E-state index in [-0.39, 0.29) is 0 Å². The second kappa shape index (κ2) is 10.8. The summed E-state index contributed by atoms with van der Waals surface area (Å²) in [5, 5.41) is 4.40. The molecule has 2 nitrogen and oxygen atoms in total. The molecule has 0 fully saturated rings. The predicted molar refractivity (Wildman–Crippen MR) is 191 cm³/mol. The maximum atomic E-state index is 7.06. The Bertz CT molecular complexity index is 2520. The number of benzene rings is 7. The molecule has 2 aromatic heterocycles. The van der Waals surface area contributed by atoms with Crippen molar-refractivity contribution in [2.45, 2.75) is 0 Å². The minimum Gasteiger partial charge on any atom is -0.455 e. The number of furan rings is 2. The lowest BCUT2D eigenvalue weighted by molar-refractivity contribution is 0.602. The molecule has 2 heterocycles. The molecule has 0 saturated carbocycles. The quantitative estimate of drug-likeness (QED) is 0.200. The van der Waals surface area contributed by atoms with Gasteiger partial charge in [-0.2, -0.15) is 0 Å². The molecule has 0 bridgehead atoms. The summed E-state index contributed by atoms with van der Waals surface area (Å²) in [7, 11) is 0. The molecule has 9 rings (SSSR count). The zero-order valence-electron chi connectivity index (χ0n) is 25.0. The summed E-state index contributed by atoms with van der Waals surface area (Å²) >= 11 is 0. The summed E-state index contributed by atoms with van der Waals surface area (Å²) < 4.78 is 13.6. The van der Waals surface area contributed by atoms with Crippen LogP contribution in [0.15, 0.2) is 179 Å². The highest BCUT2D eigenvalue weighted by Crippen LogP contribution is 2.48. The SMILES string of the molecule is c1ccc(-c2ccccc2-c2oc(-c3cccc(-c4cccc5c4oc4ccccc45)c3-c3ccccc3)c3ccccc23)cc1. The van der Waals surface area contributed by atoms with Crippen LogP contribution in [-0.4, -0.2) is 0 Å². The van der Waals surface area contributed by atoms with Gasteiger partial charge in [0.05, 0.1) is 0 Å². The van der Waals surface area contributed by atoms with E-state index in [1.165, 1.54) is 0 Å². The van der Waals surface area contributed by atoms with Gasteiger partial charge < -0.3 is 8.83 Å². The Morgan fingerprint density at radius 3 is 1.54 bits per heavy atom. The monoisotopic (exact) mass is 588 g/mol. The third-order valence-electron chi connectivity index (χ3n) is 8.94. The first kappa shape index (κ1) is 26.3. The van der Waals surface area contributed by atoms with Crippen molar-refractivity contribution >= 4 is 32.7 Å². The number of hydrogen-bond acceptors (Lipinski definition) is 2. The Kier molecular flexibility index (Phi) is 6.17. The first-order valence-corrected chi connectivity index (χ1v) is 15.6. The van der Waals surface area contributed by atoms with Gasteiger partial charge in [0, 0.05) is 43.8 Å². The molecule has 0 radical (unpaired) electrons. The smallest absolute Gasteiger partial charge is 0.143 e. The normalized spacial score (nSPS) is 11.5. The predicted octanol–water partition coefficient (Wildman–Crippen LogP) is 12.7. The van der Waals surface area contributed by atoms with E-state index in [0.717, 1.165) is 88.7 Å². The van der Waals surface area contributed by atoms with Crippen molar-refractivity contribution in [3.8, 4) is 56.0 Å². The molecule has 0 N–H and O–H groups in total. The van der Waals surface area contributed by atoms with Gasteiger partial charge in [0.25, 0.3) is 0 Å². The molecule has 2 heteroatoms. The molecule has 0 atom stereocenters. The Morgan fingerprint density at radius 2 is 0.783 bits per heavy atom. The highest BCUT2D eigenvalue weighted by molar-refractivity contribution is 6.13. The lowest BCUT2D eigenvalue weighted by atomic mass is 9.88. The summed E-state index contributed by atoms with van der Waals surface area (Å²) in [6.07, 6.45) is 0. The van der Waals surface area contributed by atoms with Gasteiger partial charge in [0.2, 0.25) is 0 Å². The number of hydrogen-bond donors (Lipinski definition) is 0. The fourth-order valence-electron chi connectivity index (χ4n) is 6.88. The molecular weight excluding hydrogens is 560 g/mol. The molecule has 7 aromatic carbocycles. The van der Waals surface area contributed by atoms with Gasteiger partial charge in [-0.25, -0.2) is 0 Å². The molecule has 0 unspecified atom stereocenters. The van der Waals surface area contributed by atoms with Crippen molar-refractivity contribution in [2.75, 3.05) is 0 Å². The molecule has 0 aliphatic rings. The molecular formula is C44H28O2. The van der Waals surface area contributed by atoms with Crippen molar-refractivity contribution < 1.29 is 8.83 Å². The lowest BCUT2D eigenvalue weighted by Gasteiger charge is -2.15. The van der Waals surface area contributed by atoms with E-state index in [1.807, 2.05) is 12.1 Å². The molecule has 9 aromatic rings. The molecule has 46 heavy (non-hydrogen) atoms. The van der Waals surface area contributed by atoms with E-state index in [4.69, 9.17) is 8.83 Å². The van der Waals surface area contributed by atoms with Gasteiger partial charge in [-0.1, -0.05) is 164 Å². The fraction of sp³-hybridized carbons (Fsp3) is 0. The minimum absolute atomic E-state index is 0.853. The van der Waals surface area contributed by atoms with Crippen LogP contribution in [-0.2, 0) is 0 Å². The first-order valence-electron chi connectivity index (χ1n) is 15.6. The Labute approximate surface area is 266 Å².